The van der Waals surface area contributed by atoms with Crippen molar-refractivity contribution >= 4 is 17.2 Å². The summed E-state index contributed by atoms with van der Waals surface area (Å²) in [6.45, 7) is 2.30. The van der Waals surface area contributed by atoms with Crippen LogP contribution in [0, 0.1) is 5.82 Å². The number of hydrogen-bond acceptors (Lipinski definition) is 4. The molecule has 0 radical (unpaired) electrons. The lowest BCUT2D eigenvalue weighted by Gasteiger charge is -2.07. The molecule has 4 nitrogen and oxygen atoms in total. The van der Waals surface area contributed by atoms with E-state index in [4.69, 9.17) is 0 Å². The van der Waals surface area contributed by atoms with Crippen molar-refractivity contribution in [3.05, 3.63) is 51.7 Å². The van der Waals surface area contributed by atoms with E-state index in [0.717, 1.165) is 0 Å². The zero-order chi connectivity index (χ0) is 15.9. The van der Waals surface area contributed by atoms with E-state index in [1.807, 2.05) is 6.92 Å². The molecule has 118 valence electrons. The Labute approximate surface area is 133 Å². The minimum Gasteiger partial charge on any atom is -0.393 e. The number of benzene rings is 1. The number of nitrogens with zero attached hydrogens (tertiary/aromatic N) is 1. The Hall–Kier alpha value is -1.79. The molecule has 1 unspecified atom stereocenters. The average Bonchev–Trinajstić information content (AvgIpc) is 2.98. The van der Waals surface area contributed by atoms with E-state index < -0.39 is 6.10 Å². The molecule has 2 rings (SSSR count). The molecule has 2 aromatic rings. The molecule has 2 N–H and O–H groups in total. The molecule has 1 aromatic carbocycles. The van der Waals surface area contributed by atoms with Crippen LogP contribution in [0.4, 0.5) is 4.39 Å². The smallest absolute Gasteiger partial charge is 0.270 e. The number of aliphatic hydroxyl groups is 1. The van der Waals surface area contributed by atoms with Gasteiger partial charge in [-0.15, -0.1) is 11.3 Å². The fraction of sp³-hybridized carbons (Fsp3) is 0.375. The summed E-state index contributed by atoms with van der Waals surface area (Å²) in [5, 5.41) is 14.5. The predicted molar refractivity (Wildman–Crippen MR) is 84.6 cm³/mol. The van der Waals surface area contributed by atoms with Crippen molar-refractivity contribution in [2.75, 3.05) is 6.54 Å². The van der Waals surface area contributed by atoms with Gasteiger partial charge >= 0.3 is 0 Å². The molecule has 0 fully saturated rings. The molecule has 1 atom stereocenters. The van der Waals surface area contributed by atoms with Crippen LogP contribution in [0.2, 0.25) is 0 Å². The van der Waals surface area contributed by atoms with Gasteiger partial charge in [0, 0.05) is 18.3 Å². The van der Waals surface area contributed by atoms with Crippen molar-refractivity contribution in [2.45, 2.75) is 32.3 Å². The normalized spacial score (nSPS) is 12.1. The molecule has 0 saturated heterocycles. The Morgan fingerprint density at radius 1 is 1.45 bits per heavy atom. The molecule has 0 bridgehead atoms. The summed E-state index contributed by atoms with van der Waals surface area (Å²) >= 11 is 1.34. The number of aliphatic hydroxyl groups excluding tert-OH is 1. The van der Waals surface area contributed by atoms with Gasteiger partial charge in [0.05, 0.1) is 11.1 Å². The lowest BCUT2D eigenvalue weighted by molar-refractivity contribution is 0.0937. The van der Waals surface area contributed by atoms with Gasteiger partial charge < -0.3 is 10.4 Å². The minimum absolute atomic E-state index is 0.265. The van der Waals surface area contributed by atoms with Gasteiger partial charge in [0.1, 0.15) is 11.5 Å². The van der Waals surface area contributed by atoms with Gasteiger partial charge in [-0.05, 0) is 24.5 Å². The Bertz CT molecular complexity index is 630. The third kappa shape index (κ3) is 4.61. The molecule has 1 heterocycles. The number of carbonyl (C=O) groups excluding carboxylic acids is 1. The Balaban J connectivity index is 1.91. The topological polar surface area (TPSA) is 62.2 Å². The van der Waals surface area contributed by atoms with Crippen molar-refractivity contribution in [2.24, 2.45) is 0 Å². The zero-order valence-electron chi connectivity index (χ0n) is 12.4. The summed E-state index contributed by atoms with van der Waals surface area (Å²) in [5.74, 6) is -0.531. The van der Waals surface area contributed by atoms with E-state index in [1.54, 1.807) is 23.6 Å². The van der Waals surface area contributed by atoms with Gasteiger partial charge in [-0.25, -0.2) is 9.37 Å². The third-order valence-electron chi connectivity index (χ3n) is 3.32. The van der Waals surface area contributed by atoms with Gasteiger partial charge in [0.25, 0.3) is 5.91 Å². The molecular formula is C16H19FN2O2S. The third-order valence-corrected chi connectivity index (χ3v) is 4.17. The number of hydrogen-bond donors (Lipinski definition) is 2. The highest BCUT2D eigenvalue weighted by atomic mass is 32.1. The first-order valence-corrected chi connectivity index (χ1v) is 8.12. The first kappa shape index (κ1) is 16.6. The molecule has 0 aliphatic rings. The maximum absolute atomic E-state index is 13.6. The lowest BCUT2D eigenvalue weighted by atomic mass is 10.1. The molecule has 22 heavy (non-hydrogen) atoms. The quantitative estimate of drug-likeness (QED) is 0.824. The molecule has 0 spiro atoms. The molecular weight excluding hydrogens is 303 g/mol. The maximum Gasteiger partial charge on any atom is 0.270 e. The van der Waals surface area contributed by atoms with Crippen LogP contribution >= 0.6 is 11.3 Å². The van der Waals surface area contributed by atoms with Crippen molar-refractivity contribution < 1.29 is 14.3 Å². The highest BCUT2D eigenvalue weighted by Gasteiger charge is 2.12. The van der Waals surface area contributed by atoms with Crippen molar-refractivity contribution in [1.82, 2.24) is 10.3 Å². The van der Waals surface area contributed by atoms with Crippen LogP contribution in [0.25, 0.3) is 0 Å². The fourth-order valence-electron chi connectivity index (χ4n) is 1.95. The second kappa shape index (κ2) is 8.00. The monoisotopic (exact) mass is 322 g/mol. The van der Waals surface area contributed by atoms with Gasteiger partial charge in [-0.3, -0.25) is 4.79 Å². The van der Waals surface area contributed by atoms with Crippen LogP contribution in [0.1, 0.15) is 40.8 Å². The summed E-state index contributed by atoms with van der Waals surface area (Å²) in [6.07, 6.45) is 1.17. The second-order valence-electron chi connectivity index (χ2n) is 5.00. The Morgan fingerprint density at radius 3 is 2.95 bits per heavy atom. The fourth-order valence-corrected chi connectivity index (χ4v) is 2.75. The van der Waals surface area contributed by atoms with Crippen LogP contribution in [0.3, 0.4) is 0 Å². The maximum atomic E-state index is 13.6. The second-order valence-corrected chi connectivity index (χ2v) is 5.94. The van der Waals surface area contributed by atoms with Crippen LogP contribution in [0.5, 0.6) is 0 Å². The average molecular weight is 322 g/mol. The first-order valence-electron chi connectivity index (χ1n) is 7.24. The van der Waals surface area contributed by atoms with E-state index in [-0.39, 0.29) is 11.7 Å². The number of carbonyl (C=O) groups is 1. The van der Waals surface area contributed by atoms with Crippen LogP contribution in [-0.4, -0.2) is 28.6 Å². The van der Waals surface area contributed by atoms with Crippen LogP contribution in [-0.2, 0) is 6.42 Å². The molecule has 6 heteroatoms. The number of nitrogens with one attached hydrogen (secondary N) is 1. The van der Waals surface area contributed by atoms with Crippen molar-refractivity contribution in [3.63, 3.8) is 0 Å². The van der Waals surface area contributed by atoms with E-state index in [9.17, 15) is 14.3 Å². The SMILES string of the molecule is CCC(O)CCNC(=O)c1csc(Cc2ccccc2F)n1. The summed E-state index contributed by atoms with van der Waals surface area (Å²) < 4.78 is 13.6. The van der Waals surface area contributed by atoms with Gasteiger partial charge in [-0.2, -0.15) is 0 Å². The van der Waals surface area contributed by atoms with Gasteiger partial charge in [0.15, 0.2) is 0 Å². The largest absolute Gasteiger partial charge is 0.393 e. The molecule has 0 aliphatic heterocycles. The summed E-state index contributed by atoms with van der Waals surface area (Å²) in [7, 11) is 0. The summed E-state index contributed by atoms with van der Waals surface area (Å²) in [6, 6.07) is 6.54. The van der Waals surface area contributed by atoms with Crippen molar-refractivity contribution in [1.29, 1.82) is 0 Å². The van der Waals surface area contributed by atoms with Crippen molar-refractivity contribution in [3.8, 4) is 0 Å². The molecule has 1 aromatic heterocycles. The number of rotatable bonds is 7. The number of amides is 1. The zero-order valence-corrected chi connectivity index (χ0v) is 13.2. The Morgan fingerprint density at radius 2 is 2.23 bits per heavy atom. The lowest BCUT2D eigenvalue weighted by Crippen LogP contribution is -2.27. The molecule has 1 amide bonds. The summed E-state index contributed by atoms with van der Waals surface area (Å²) in [4.78, 5) is 16.2. The standard InChI is InChI=1S/C16H19FN2O2S/c1-2-12(20)7-8-18-16(21)14-10-22-15(19-14)9-11-5-3-4-6-13(11)17/h3-6,10,12,20H,2,7-9H2,1H3,(H,18,21). The number of thiazole rings is 1. The first-order chi connectivity index (χ1) is 10.6. The van der Waals surface area contributed by atoms with E-state index in [1.165, 1.54) is 17.4 Å². The van der Waals surface area contributed by atoms with Crippen LogP contribution < -0.4 is 5.32 Å². The van der Waals surface area contributed by atoms with Gasteiger partial charge in [0.2, 0.25) is 0 Å². The number of aromatic nitrogens is 1. The van der Waals surface area contributed by atoms with E-state index in [0.29, 0.717) is 42.1 Å². The highest BCUT2D eigenvalue weighted by Crippen LogP contribution is 2.17. The molecule has 0 saturated carbocycles. The van der Waals surface area contributed by atoms with Crippen LogP contribution in [0.15, 0.2) is 29.6 Å². The summed E-state index contributed by atoms with van der Waals surface area (Å²) in [5.41, 5.74) is 0.900. The predicted octanol–water partition coefficient (Wildman–Crippen LogP) is 2.76. The number of halogens is 1. The van der Waals surface area contributed by atoms with E-state index in [2.05, 4.69) is 10.3 Å². The molecule has 0 aliphatic carbocycles. The minimum atomic E-state index is -0.396. The van der Waals surface area contributed by atoms with E-state index >= 15 is 0 Å². The van der Waals surface area contributed by atoms with Gasteiger partial charge in [-0.1, -0.05) is 25.1 Å². The highest BCUT2D eigenvalue weighted by molar-refractivity contribution is 7.09. The Kier molecular flexibility index (Phi) is 6.03.